The highest BCUT2D eigenvalue weighted by Crippen LogP contribution is 2.26. The number of carbonyl (C=O) groups is 1. The number of carboxylic acid groups (broad SMARTS) is 1. The van der Waals surface area contributed by atoms with Crippen LogP contribution in [0.4, 0.5) is 0 Å². The zero-order valence-corrected chi connectivity index (χ0v) is 13.2. The average molecular weight is 355 g/mol. The molecule has 0 fully saturated rings. The number of nitrogens with zero attached hydrogens (tertiary/aromatic N) is 4. The number of carboxylic acids is 1. The van der Waals surface area contributed by atoms with Crippen LogP contribution in [0.3, 0.4) is 0 Å². The number of methoxy groups -OCH3 is 1. The molecule has 1 aromatic heterocycles. The minimum absolute atomic E-state index is 0.104. The number of tetrazole rings is 1. The van der Waals surface area contributed by atoms with Gasteiger partial charge in [0.25, 0.3) is 0 Å². The van der Waals surface area contributed by atoms with Crippen molar-refractivity contribution in [3.8, 4) is 11.4 Å². The molecule has 0 saturated carbocycles. The van der Waals surface area contributed by atoms with Gasteiger partial charge in [0.2, 0.25) is 0 Å². The van der Waals surface area contributed by atoms with Gasteiger partial charge in [-0.2, -0.15) is 0 Å². The van der Waals surface area contributed by atoms with Crippen molar-refractivity contribution in [1.29, 1.82) is 0 Å². The number of ether oxygens (including phenoxy) is 1. The van der Waals surface area contributed by atoms with Crippen LogP contribution in [0.1, 0.15) is 12.0 Å². The molecule has 0 aliphatic rings. The van der Waals surface area contributed by atoms with Gasteiger partial charge >= 0.3 is 5.97 Å². The molecule has 0 aliphatic heterocycles. The summed E-state index contributed by atoms with van der Waals surface area (Å²) in [6.45, 7) is 2.24. The van der Waals surface area contributed by atoms with Crippen molar-refractivity contribution in [2.75, 3.05) is 7.11 Å². The predicted molar refractivity (Wildman–Crippen MR) is 78.7 cm³/mol. The molecule has 8 heteroatoms. The molecule has 1 atom stereocenters. The topological polar surface area (TPSA) is 90.1 Å². The van der Waals surface area contributed by atoms with E-state index in [4.69, 9.17) is 9.84 Å². The summed E-state index contributed by atoms with van der Waals surface area (Å²) < 4.78 is 7.70. The first-order valence-electron chi connectivity index (χ1n) is 6.29. The molecule has 1 N–H and O–H groups in total. The monoisotopic (exact) mass is 354 g/mol. The lowest BCUT2D eigenvalue weighted by atomic mass is 10.1. The number of aliphatic carboxylic acids is 1. The van der Waals surface area contributed by atoms with E-state index < -0.39 is 12.1 Å². The summed E-state index contributed by atoms with van der Waals surface area (Å²) in [4.78, 5) is 10.8. The zero-order chi connectivity index (χ0) is 15.4. The lowest BCUT2D eigenvalue weighted by molar-refractivity contribution is -0.140. The normalized spacial score (nSPS) is 12.3. The van der Waals surface area contributed by atoms with Crippen LogP contribution in [0.25, 0.3) is 11.4 Å². The van der Waals surface area contributed by atoms with Crippen LogP contribution >= 0.6 is 15.9 Å². The van der Waals surface area contributed by atoms with E-state index in [1.807, 2.05) is 25.1 Å². The van der Waals surface area contributed by atoms with E-state index >= 15 is 0 Å². The lowest BCUT2D eigenvalue weighted by Crippen LogP contribution is -2.23. The first kappa shape index (κ1) is 15.6. The highest BCUT2D eigenvalue weighted by atomic mass is 79.9. The Morgan fingerprint density at radius 2 is 2.29 bits per heavy atom. The Bertz CT molecular complexity index is 644. The Morgan fingerprint density at radius 1 is 1.52 bits per heavy atom. The maximum Gasteiger partial charge on any atom is 0.306 e. The zero-order valence-electron chi connectivity index (χ0n) is 11.7. The molecule has 1 aromatic carbocycles. The summed E-state index contributed by atoms with van der Waals surface area (Å²) in [7, 11) is 1.47. The van der Waals surface area contributed by atoms with Gasteiger partial charge < -0.3 is 9.84 Å². The number of aromatic nitrogens is 4. The van der Waals surface area contributed by atoms with Crippen molar-refractivity contribution in [1.82, 2.24) is 20.2 Å². The molecule has 21 heavy (non-hydrogen) atoms. The van der Waals surface area contributed by atoms with Crippen molar-refractivity contribution in [2.45, 2.75) is 26.0 Å². The fraction of sp³-hybridized carbons (Fsp3) is 0.385. The highest BCUT2D eigenvalue weighted by Gasteiger charge is 2.18. The van der Waals surface area contributed by atoms with Crippen LogP contribution in [0.5, 0.6) is 0 Å². The van der Waals surface area contributed by atoms with E-state index in [0.717, 1.165) is 15.6 Å². The summed E-state index contributed by atoms with van der Waals surface area (Å²) in [5, 5.41) is 20.5. The van der Waals surface area contributed by atoms with E-state index in [1.54, 1.807) is 4.68 Å². The summed E-state index contributed by atoms with van der Waals surface area (Å²) >= 11 is 3.47. The van der Waals surface area contributed by atoms with Gasteiger partial charge in [-0.3, -0.25) is 4.79 Å². The summed E-state index contributed by atoms with van der Waals surface area (Å²) in [6, 6.07) is 5.76. The Kier molecular flexibility index (Phi) is 5.03. The minimum Gasteiger partial charge on any atom is -0.481 e. The molecule has 0 radical (unpaired) electrons. The lowest BCUT2D eigenvalue weighted by Gasteiger charge is -2.14. The molecule has 0 saturated heterocycles. The number of hydrogen-bond acceptors (Lipinski definition) is 5. The summed E-state index contributed by atoms with van der Waals surface area (Å²) in [6.07, 6.45) is -0.593. The Balaban J connectivity index is 2.30. The fourth-order valence-corrected chi connectivity index (χ4v) is 2.35. The molecular weight excluding hydrogens is 340 g/mol. The number of halogens is 1. The van der Waals surface area contributed by atoms with E-state index in [-0.39, 0.29) is 13.0 Å². The van der Waals surface area contributed by atoms with Crippen LogP contribution in [0.15, 0.2) is 22.7 Å². The Hall–Kier alpha value is -1.80. The van der Waals surface area contributed by atoms with Crippen LogP contribution in [-0.4, -0.2) is 44.5 Å². The second-order valence-electron chi connectivity index (χ2n) is 4.55. The number of benzene rings is 1. The molecule has 0 bridgehead atoms. The first-order chi connectivity index (χ1) is 10.0. The number of hydrogen-bond donors (Lipinski definition) is 1. The van der Waals surface area contributed by atoms with Gasteiger partial charge in [0.1, 0.15) is 0 Å². The highest BCUT2D eigenvalue weighted by molar-refractivity contribution is 9.10. The second kappa shape index (κ2) is 6.77. The van der Waals surface area contributed by atoms with Crippen molar-refractivity contribution < 1.29 is 14.6 Å². The van der Waals surface area contributed by atoms with Crippen LogP contribution in [0.2, 0.25) is 0 Å². The van der Waals surface area contributed by atoms with Gasteiger partial charge in [-0.25, -0.2) is 4.68 Å². The molecule has 0 amide bonds. The van der Waals surface area contributed by atoms with Crippen LogP contribution < -0.4 is 0 Å². The second-order valence-corrected chi connectivity index (χ2v) is 5.41. The van der Waals surface area contributed by atoms with E-state index in [0.29, 0.717) is 5.82 Å². The van der Waals surface area contributed by atoms with Crippen LogP contribution in [0, 0.1) is 6.92 Å². The van der Waals surface area contributed by atoms with E-state index in [1.165, 1.54) is 7.11 Å². The number of rotatable bonds is 6. The molecule has 0 aliphatic carbocycles. The van der Waals surface area contributed by atoms with Gasteiger partial charge in [0, 0.05) is 17.1 Å². The Morgan fingerprint density at radius 3 is 2.95 bits per heavy atom. The molecule has 7 nitrogen and oxygen atoms in total. The van der Waals surface area contributed by atoms with Gasteiger partial charge in [-0.15, -0.1) is 5.10 Å². The van der Waals surface area contributed by atoms with Crippen molar-refractivity contribution >= 4 is 21.9 Å². The molecule has 1 unspecified atom stereocenters. The maximum atomic E-state index is 10.8. The molecule has 2 rings (SSSR count). The third-order valence-electron chi connectivity index (χ3n) is 3.15. The molecule has 112 valence electrons. The third-order valence-corrected chi connectivity index (χ3v) is 4.01. The van der Waals surface area contributed by atoms with Gasteiger partial charge in [0.15, 0.2) is 5.82 Å². The molecule has 0 spiro atoms. The summed E-state index contributed by atoms with van der Waals surface area (Å²) in [5.41, 5.74) is 1.90. The van der Waals surface area contributed by atoms with E-state index in [9.17, 15) is 4.79 Å². The predicted octanol–water partition coefficient (Wildman–Crippen LogP) is 1.90. The molecule has 1 heterocycles. The van der Waals surface area contributed by atoms with Crippen molar-refractivity contribution in [3.05, 3.63) is 28.2 Å². The largest absolute Gasteiger partial charge is 0.481 e. The van der Waals surface area contributed by atoms with E-state index in [2.05, 4.69) is 31.5 Å². The Labute approximate surface area is 130 Å². The SMILES string of the molecule is COC(CC(=O)O)Cn1nnnc1-c1cccc(Br)c1C. The summed E-state index contributed by atoms with van der Waals surface area (Å²) in [5.74, 6) is -0.337. The van der Waals surface area contributed by atoms with Gasteiger partial charge in [-0.05, 0) is 29.0 Å². The quantitative estimate of drug-likeness (QED) is 0.851. The van der Waals surface area contributed by atoms with Crippen molar-refractivity contribution in [2.24, 2.45) is 0 Å². The van der Waals surface area contributed by atoms with Gasteiger partial charge in [-0.1, -0.05) is 28.1 Å². The smallest absolute Gasteiger partial charge is 0.306 e. The average Bonchev–Trinajstić information content (AvgIpc) is 2.88. The minimum atomic E-state index is -0.921. The van der Waals surface area contributed by atoms with Gasteiger partial charge in [0.05, 0.1) is 19.1 Å². The maximum absolute atomic E-state index is 10.8. The van der Waals surface area contributed by atoms with Crippen molar-refractivity contribution in [3.63, 3.8) is 0 Å². The van der Waals surface area contributed by atoms with Crippen LogP contribution in [-0.2, 0) is 16.1 Å². The molecular formula is C13H15BrN4O3. The molecule has 2 aromatic rings. The third kappa shape index (κ3) is 3.64. The fourth-order valence-electron chi connectivity index (χ4n) is 1.98. The first-order valence-corrected chi connectivity index (χ1v) is 7.08. The standard InChI is InChI=1S/C13H15BrN4O3/c1-8-10(4-3-5-11(8)14)13-15-16-17-18(13)7-9(21-2)6-12(19)20/h3-5,9H,6-7H2,1-2H3,(H,19,20).